The van der Waals surface area contributed by atoms with Crippen LogP contribution >= 0.6 is 0 Å². The van der Waals surface area contributed by atoms with E-state index in [0.717, 1.165) is 19.4 Å². The van der Waals surface area contributed by atoms with Gasteiger partial charge in [-0.05, 0) is 37.4 Å². The molecule has 0 aromatic heterocycles. The van der Waals surface area contributed by atoms with Crippen molar-refractivity contribution in [3.8, 4) is 0 Å². The monoisotopic (exact) mass is 421 g/mol. The van der Waals surface area contributed by atoms with Gasteiger partial charge in [-0.3, -0.25) is 14.5 Å². The third-order valence-electron chi connectivity index (χ3n) is 5.99. The lowest BCUT2D eigenvalue weighted by Gasteiger charge is -2.34. The third-order valence-corrected chi connectivity index (χ3v) is 5.99. The molecule has 0 spiro atoms. The highest BCUT2D eigenvalue weighted by Gasteiger charge is 2.54. The molecule has 2 aromatic rings. The molecule has 2 aliphatic heterocycles. The van der Waals surface area contributed by atoms with Crippen LogP contribution in [0.3, 0.4) is 0 Å². The molecule has 2 fully saturated rings. The van der Waals surface area contributed by atoms with Gasteiger partial charge in [0.25, 0.3) is 5.91 Å². The lowest BCUT2D eigenvalue weighted by Crippen LogP contribution is -2.48. The lowest BCUT2D eigenvalue weighted by molar-refractivity contribution is -0.150. The maximum absolute atomic E-state index is 13.8. The van der Waals surface area contributed by atoms with E-state index in [2.05, 4.69) is 5.32 Å². The lowest BCUT2D eigenvalue weighted by atomic mass is 9.83. The number of hydrogen-bond acceptors (Lipinski definition) is 5. The molecule has 0 saturated carbocycles. The zero-order valence-electron chi connectivity index (χ0n) is 17.6. The fourth-order valence-corrected chi connectivity index (χ4v) is 4.48. The number of nitrogens with one attached hydrogen (secondary N) is 1. The summed E-state index contributed by atoms with van der Waals surface area (Å²) in [5.74, 6) is -0.761. The van der Waals surface area contributed by atoms with Crippen LogP contribution < -0.4 is 5.32 Å². The normalized spacial score (nSPS) is 21.1. The Labute approximate surface area is 182 Å². The number of piperidine rings is 1. The van der Waals surface area contributed by atoms with Crippen molar-refractivity contribution in [2.45, 2.75) is 25.3 Å². The Morgan fingerprint density at radius 3 is 2.26 bits per heavy atom. The van der Waals surface area contributed by atoms with Crippen LogP contribution in [0, 0.1) is 5.92 Å². The van der Waals surface area contributed by atoms with Crippen molar-refractivity contribution in [1.29, 1.82) is 0 Å². The largest absolute Gasteiger partial charge is 0.466 e. The molecule has 2 aromatic carbocycles. The first kappa shape index (κ1) is 21.1. The van der Waals surface area contributed by atoms with Crippen molar-refractivity contribution < 1.29 is 19.1 Å². The van der Waals surface area contributed by atoms with Gasteiger partial charge >= 0.3 is 12.0 Å². The van der Waals surface area contributed by atoms with E-state index in [1.165, 1.54) is 4.90 Å². The van der Waals surface area contributed by atoms with Crippen molar-refractivity contribution in [2.75, 3.05) is 26.4 Å². The summed E-state index contributed by atoms with van der Waals surface area (Å²) in [4.78, 5) is 42.2. The Bertz CT molecular complexity index is 908. The molecule has 1 atom stereocenters. The summed E-state index contributed by atoms with van der Waals surface area (Å²) in [6.07, 6.45) is 1.57. The molecule has 7 nitrogen and oxygen atoms in total. The SMILES string of the molecule is CCOC(=O)[C@H]1CCCN(CN2C(=O)NC(c3ccccc3)(c3ccccc3)C2=O)C1. The van der Waals surface area contributed by atoms with Crippen molar-refractivity contribution >= 4 is 17.9 Å². The van der Waals surface area contributed by atoms with Gasteiger partial charge in [0.15, 0.2) is 5.54 Å². The molecule has 0 aliphatic carbocycles. The van der Waals surface area contributed by atoms with Gasteiger partial charge in [-0.1, -0.05) is 60.7 Å². The van der Waals surface area contributed by atoms with E-state index in [0.29, 0.717) is 24.3 Å². The first-order chi connectivity index (χ1) is 15.1. The molecule has 3 amide bonds. The molecular weight excluding hydrogens is 394 g/mol. The Hall–Kier alpha value is -3.19. The van der Waals surface area contributed by atoms with Crippen LogP contribution in [0.4, 0.5) is 4.79 Å². The number of carbonyl (C=O) groups excluding carboxylic acids is 3. The first-order valence-corrected chi connectivity index (χ1v) is 10.7. The molecule has 2 aliphatic rings. The van der Waals surface area contributed by atoms with Crippen molar-refractivity contribution in [3.05, 3.63) is 71.8 Å². The summed E-state index contributed by atoms with van der Waals surface area (Å²) in [6, 6.07) is 18.2. The summed E-state index contributed by atoms with van der Waals surface area (Å²) in [5.41, 5.74) is 0.158. The molecule has 2 saturated heterocycles. The van der Waals surface area contributed by atoms with Gasteiger partial charge in [0.1, 0.15) is 0 Å². The van der Waals surface area contributed by atoms with E-state index in [-0.39, 0.29) is 24.5 Å². The van der Waals surface area contributed by atoms with Crippen LogP contribution in [-0.4, -0.2) is 54.1 Å². The molecule has 31 heavy (non-hydrogen) atoms. The van der Waals surface area contributed by atoms with E-state index in [1.807, 2.05) is 65.6 Å². The second kappa shape index (κ2) is 8.89. The molecule has 162 valence electrons. The molecule has 0 radical (unpaired) electrons. The van der Waals surface area contributed by atoms with Crippen LogP contribution in [0.25, 0.3) is 0 Å². The number of imide groups is 1. The van der Waals surface area contributed by atoms with E-state index in [1.54, 1.807) is 6.92 Å². The number of ether oxygens (including phenoxy) is 1. The van der Waals surface area contributed by atoms with Gasteiger partial charge in [-0.2, -0.15) is 0 Å². The second-order valence-electron chi connectivity index (χ2n) is 7.96. The van der Waals surface area contributed by atoms with Crippen LogP contribution in [0.15, 0.2) is 60.7 Å². The minimum atomic E-state index is -1.27. The van der Waals surface area contributed by atoms with E-state index >= 15 is 0 Å². The van der Waals surface area contributed by atoms with Crippen LogP contribution in [-0.2, 0) is 19.9 Å². The van der Waals surface area contributed by atoms with Crippen molar-refractivity contribution in [1.82, 2.24) is 15.1 Å². The number of nitrogens with zero attached hydrogens (tertiary/aromatic N) is 2. The summed E-state index contributed by atoms with van der Waals surface area (Å²) >= 11 is 0. The van der Waals surface area contributed by atoms with Crippen LogP contribution in [0.1, 0.15) is 30.9 Å². The third kappa shape index (κ3) is 3.93. The Balaban J connectivity index is 1.60. The highest BCUT2D eigenvalue weighted by atomic mass is 16.5. The van der Waals surface area contributed by atoms with Gasteiger partial charge in [0.05, 0.1) is 19.2 Å². The van der Waals surface area contributed by atoms with E-state index in [4.69, 9.17) is 4.74 Å². The van der Waals surface area contributed by atoms with Gasteiger partial charge < -0.3 is 10.1 Å². The number of rotatable bonds is 6. The van der Waals surface area contributed by atoms with Gasteiger partial charge in [0.2, 0.25) is 0 Å². The Morgan fingerprint density at radius 2 is 1.68 bits per heavy atom. The first-order valence-electron chi connectivity index (χ1n) is 10.7. The number of likely N-dealkylation sites (tertiary alicyclic amines) is 1. The van der Waals surface area contributed by atoms with E-state index < -0.39 is 11.6 Å². The van der Waals surface area contributed by atoms with Gasteiger partial charge in [-0.15, -0.1) is 0 Å². The number of benzene rings is 2. The molecule has 2 heterocycles. The fourth-order valence-electron chi connectivity index (χ4n) is 4.48. The predicted molar refractivity (Wildman–Crippen MR) is 115 cm³/mol. The van der Waals surface area contributed by atoms with Gasteiger partial charge in [-0.25, -0.2) is 9.69 Å². The molecule has 7 heteroatoms. The standard InChI is InChI=1S/C24H27N3O4/c1-2-31-21(28)18-10-9-15-26(16-18)17-27-22(29)24(25-23(27)30,19-11-5-3-6-12-19)20-13-7-4-8-14-20/h3-8,11-14,18H,2,9-10,15-17H2,1H3,(H,25,30)/t18-/m0/s1. The summed E-state index contributed by atoms with van der Waals surface area (Å²) in [6.45, 7) is 3.47. The highest BCUT2D eigenvalue weighted by molar-refractivity contribution is 6.09. The summed E-state index contributed by atoms with van der Waals surface area (Å²) < 4.78 is 5.17. The average molecular weight is 421 g/mol. The topological polar surface area (TPSA) is 79.0 Å². The fraction of sp³-hybridized carbons (Fsp3) is 0.375. The van der Waals surface area contributed by atoms with Crippen LogP contribution in [0.2, 0.25) is 0 Å². The minimum absolute atomic E-state index is 0.141. The zero-order valence-corrected chi connectivity index (χ0v) is 17.6. The smallest absolute Gasteiger partial charge is 0.326 e. The number of carbonyl (C=O) groups is 3. The molecule has 4 rings (SSSR count). The summed E-state index contributed by atoms with van der Waals surface area (Å²) in [7, 11) is 0. The quantitative estimate of drug-likeness (QED) is 0.573. The minimum Gasteiger partial charge on any atom is -0.466 e. The maximum atomic E-state index is 13.8. The van der Waals surface area contributed by atoms with Gasteiger partial charge in [0, 0.05) is 6.54 Å². The number of amides is 3. The molecule has 1 N–H and O–H groups in total. The number of hydrogen-bond donors (Lipinski definition) is 1. The highest BCUT2D eigenvalue weighted by Crippen LogP contribution is 2.36. The van der Waals surface area contributed by atoms with Crippen LogP contribution in [0.5, 0.6) is 0 Å². The van der Waals surface area contributed by atoms with Crippen molar-refractivity contribution in [3.63, 3.8) is 0 Å². The second-order valence-corrected chi connectivity index (χ2v) is 7.96. The number of esters is 1. The number of urea groups is 1. The molecular formula is C24H27N3O4. The Kier molecular flexibility index (Phi) is 6.04. The van der Waals surface area contributed by atoms with E-state index in [9.17, 15) is 14.4 Å². The summed E-state index contributed by atoms with van der Waals surface area (Å²) in [5, 5.41) is 2.96. The zero-order chi connectivity index (χ0) is 21.8. The molecule has 0 bridgehead atoms. The average Bonchev–Trinajstić information content (AvgIpc) is 3.06. The molecule has 0 unspecified atom stereocenters. The predicted octanol–water partition coefficient (Wildman–Crippen LogP) is 2.71. The maximum Gasteiger partial charge on any atom is 0.326 e. The van der Waals surface area contributed by atoms with Crippen molar-refractivity contribution in [2.24, 2.45) is 5.92 Å². The Morgan fingerprint density at radius 1 is 1.06 bits per heavy atom.